The van der Waals surface area contributed by atoms with Gasteiger partial charge in [0.25, 0.3) is 5.91 Å². The van der Waals surface area contributed by atoms with Crippen molar-refractivity contribution in [2.45, 2.75) is 19.9 Å². The van der Waals surface area contributed by atoms with Gasteiger partial charge in [-0.3, -0.25) is 4.79 Å². The molecule has 1 atom stereocenters. The number of hydrogen-bond donors (Lipinski definition) is 1. The minimum Gasteiger partial charge on any atom is -0.469 e. The summed E-state index contributed by atoms with van der Waals surface area (Å²) in [5, 5.41) is 2.78. The highest BCUT2D eigenvalue weighted by Gasteiger charge is 2.16. The van der Waals surface area contributed by atoms with Gasteiger partial charge in [-0.1, -0.05) is 28.1 Å². The SMILES string of the molecule is Cc1occc1C(=O)OCC(=O)N[C@@H](C)c1ccc(Br)cc1. The van der Waals surface area contributed by atoms with E-state index in [2.05, 4.69) is 21.2 Å². The quantitative estimate of drug-likeness (QED) is 0.824. The number of hydrogen-bond acceptors (Lipinski definition) is 4. The van der Waals surface area contributed by atoms with E-state index in [1.54, 1.807) is 6.92 Å². The predicted octanol–water partition coefficient (Wildman–Crippen LogP) is 3.38. The highest BCUT2D eigenvalue weighted by molar-refractivity contribution is 9.10. The van der Waals surface area contributed by atoms with Crippen LogP contribution in [0.1, 0.15) is 34.6 Å². The predicted molar refractivity (Wildman–Crippen MR) is 84.4 cm³/mol. The van der Waals surface area contributed by atoms with Gasteiger partial charge in [0.15, 0.2) is 6.61 Å². The van der Waals surface area contributed by atoms with Crippen LogP contribution in [0.15, 0.2) is 45.5 Å². The standard InChI is InChI=1S/C16H16BrNO4/c1-10(12-3-5-13(17)6-4-12)18-15(19)9-22-16(20)14-7-8-21-11(14)2/h3-8,10H,9H2,1-2H3,(H,18,19)/t10-/m0/s1. The molecule has 5 nitrogen and oxygen atoms in total. The first-order valence-electron chi connectivity index (χ1n) is 6.73. The van der Waals surface area contributed by atoms with Crippen LogP contribution in [0.4, 0.5) is 0 Å². The molecule has 0 aliphatic heterocycles. The molecule has 0 saturated carbocycles. The van der Waals surface area contributed by atoms with E-state index in [0.717, 1.165) is 10.0 Å². The summed E-state index contributed by atoms with van der Waals surface area (Å²) in [5.41, 5.74) is 1.29. The lowest BCUT2D eigenvalue weighted by Crippen LogP contribution is -2.31. The van der Waals surface area contributed by atoms with Crippen molar-refractivity contribution >= 4 is 27.8 Å². The molecule has 22 heavy (non-hydrogen) atoms. The van der Waals surface area contributed by atoms with Crippen LogP contribution in [0.25, 0.3) is 0 Å². The number of amides is 1. The summed E-state index contributed by atoms with van der Waals surface area (Å²) in [5.74, 6) is -0.462. The van der Waals surface area contributed by atoms with Crippen molar-refractivity contribution in [3.63, 3.8) is 0 Å². The maximum atomic E-state index is 11.8. The van der Waals surface area contributed by atoms with E-state index in [4.69, 9.17) is 9.15 Å². The Labute approximate surface area is 136 Å². The zero-order valence-corrected chi connectivity index (χ0v) is 13.8. The number of furan rings is 1. The number of benzene rings is 1. The number of nitrogens with one attached hydrogen (secondary N) is 1. The third-order valence-corrected chi connectivity index (χ3v) is 3.69. The Morgan fingerprint density at radius 2 is 1.95 bits per heavy atom. The lowest BCUT2D eigenvalue weighted by Gasteiger charge is -2.14. The van der Waals surface area contributed by atoms with Crippen molar-refractivity contribution in [1.29, 1.82) is 0 Å². The molecule has 2 rings (SSSR count). The fourth-order valence-electron chi connectivity index (χ4n) is 1.92. The number of esters is 1. The van der Waals surface area contributed by atoms with E-state index < -0.39 is 5.97 Å². The second kappa shape index (κ2) is 7.26. The summed E-state index contributed by atoms with van der Waals surface area (Å²) in [6.07, 6.45) is 1.40. The van der Waals surface area contributed by atoms with Crippen molar-refractivity contribution in [3.8, 4) is 0 Å². The van der Waals surface area contributed by atoms with E-state index in [0.29, 0.717) is 11.3 Å². The van der Waals surface area contributed by atoms with Crippen LogP contribution < -0.4 is 5.32 Å². The van der Waals surface area contributed by atoms with Crippen molar-refractivity contribution in [2.24, 2.45) is 0 Å². The van der Waals surface area contributed by atoms with Gasteiger partial charge in [-0.05, 0) is 37.6 Å². The van der Waals surface area contributed by atoms with E-state index >= 15 is 0 Å². The minimum atomic E-state index is -0.572. The molecule has 0 bridgehead atoms. The number of ether oxygens (including phenoxy) is 1. The van der Waals surface area contributed by atoms with Crippen LogP contribution in [-0.4, -0.2) is 18.5 Å². The van der Waals surface area contributed by atoms with E-state index in [1.807, 2.05) is 31.2 Å². The van der Waals surface area contributed by atoms with Crippen LogP contribution >= 0.6 is 15.9 Å². The summed E-state index contributed by atoms with van der Waals surface area (Å²) in [6.45, 7) is 3.19. The second-order valence-electron chi connectivity index (χ2n) is 4.81. The second-order valence-corrected chi connectivity index (χ2v) is 5.72. The molecule has 1 heterocycles. The molecule has 0 aliphatic rings. The van der Waals surface area contributed by atoms with Crippen LogP contribution in [0.3, 0.4) is 0 Å². The number of halogens is 1. The normalized spacial score (nSPS) is 11.8. The first kappa shape index (κ1) is 16.3. The zero-order valence-electron chi connectivity index (χ0n) is 12.3. The molecule has 0 spiro atoms. The average Bonchev–Trinajstić information content (AvgIpc) is 2.91. The third-order valence-electron chi connectivity index (χ3n) is 3.16. The van der Waals surface area contributed by atoms with Gasteiger partial charge >= 0.3 is 5.97 Å². The first-order valence-corrected chi connectivity index (χ1v) is 7.52. The largest absolute Gasteiger partial charge is 0.469 e. The molecule has 116 valence electrons. The van der Waals surface area contributed by atoms with E-state index in [9.17, 15) is 9.59 Å². The molecule has 0 radical (unpaired) electrons. The molecule has 1 N–H and O–H groups in total. The summed E-state index contributed by atoms with van der Waals surface area (Å²) < 4.78 is 11.0. The summed E-state index contributed by atoms with van der Waals surface area (Å²) in [7, 11) is 0. The maximum Gasteiger partial charge on any atom is 0.342 e. The lowest BCUT2D eigenvalue weighted by molar-refractivity contribution is -0.124. The fraction of sp³-hybridized carbons (Fsp3) is 0.250. The van der Waals surface area contributed by atoms with Crippen molar-refractivity contribution in [2.75, 3.05) is 6.61 Å². The molecule has 1 aromatic carbocycles. The Bertz CT molecular complexity index is 663. The number of carbonyl (C=O) groups excluding carboxylic acids is 2. The molecular weight excluding hydrogens is 350 g/mol. The molecule has 1 amide bonds. The Morgan fingerprint density at radius 1 is 1.27 bits per heavy atom. The van der Waals surface area contributed by atoms with Gasteiger partial charge in [0.2, 0.25) is 0 Å². The monoisotopic (exact) mass is 365 g/mol. The number of rotatable bonds is 5. The minimum absolute atomic E-state index is 0.171. The number of aryl methyl sites for hydroxylation is 1. The van der Waals surface area contributed by atoms with Crippen LogP contribution in [0, 0.1) is 6.92 Å². The number of carbonyl (C=O) groups is 2. The van der Waals surface area contributed by atoms with E-state index in [1.165, 1.54) is 12.3 Å². The molecule has 0 saturated heterocycles. The van der Waals surface area contributed by atoms with Gasteiger partial charge in [-0.15, -0.1) is 0 Å². The highest BCUT2D eigenvalue weighted by atomic mass is 79.9. The van der Waals surface area contributed by atoms with Gasteiger partial charge in [0.05, 0.1) is 12.3 Å². The summed E-state index contributed by atoms with van der Waals surface area (Å²) >= 11 is 3.36. The molecule has 1 aromatic heterocycles. The first-order chi connectivity index (χ1) is 10.5. The van der Waals surface area contributed by atoms with Gasteiger partial charge in [-0.25, -0.2) is 4.79 Å². The Balaban J connectivity index is 1.84. The van der Waals surface area contributed by atoms with Crippen LogP contribution in [0.5, 0.6) is 0 Å². The third kappa shape index (κ3) is 4.21. The molecule has 0 unspecified atom stereocenters. The smallest absolute Gasteiger partial charge is 0.342 e. The molecule has 2 aromatic rings. The van der Waals surface area contributed by atoms with E-state index in [-0.39, 0.29) is 18.6 Å². The van der Waals surface area contributed by atoms with Gasteiger partial charge < -0.3 is 14.5 Å². The highest BCUT2D eigenvalue weighted by Crippen LogP contribution is 2.16. The van der Waals surface area contributed by atoms with Crippen LogP contribution in [0.2, 0.25) is 0 Å². The Kier molecular flexibility index (Phi) is 5.38. The van der Waals surface area contributed by atoms with Gasteiger partial charge in [0.1, 0.15) is 11.3 Å². The molecule has 6 heteroatoms. The van der Waals surface area contributed by atoms with Gasteiger partial charge in [-0.2, -0.15) is 0 Å². The molecular formula is C16H16BrNO4. The van der Waals surface area contributed by atoms with Crippen LogP contribution in [-0.2, 0) is 9.53 Å². The topological polar surface area (TPSA) is 68.5 Å². The molecule has 0 fully saturated rings. The van der Waals surface area contributed by atoms with Gasteiger partial charge in [0, 0.05) is 4.47 Å². The average molecular weight is 366 g/mol. The van der Waals surface area contributed by atoms with Crippen molar-refractivity contribution in [1.82, 2.24) is 5.32 Å². The Hall–Kier alpha value is -2.08. The zero-order chi connectivity index (χ0) is 16.1. The lowest BCUT2D eigenvalue weighted by atomic mass is 10.1. The summed E-state index contributed by atoms with van der Waals surface area (Å²) in [6, 6.07) is 8.97. The fourth-order valence-corrected chi connectivity index (χ4v) is 2.19. The maximum absolute atomic E-state index is 11.8. The Morgan fingerprint density at radius 3 is 2.55 bits per heavy atom. The molecule has 0 aliphatic carbocycles. The van der Waals surface area contributed by atoms with Crippen molar-refractivity contribution < 1.29 is 18.7 Å². The summed E-state index contributed by atoms with van der Waals surface area (Å²) in [4.78, 5) is 23.6. The van der Waals surface area contributed by atoms with Crippen molar-refractivity contribution in [3.05, 3.63) is 58.0 Å².